The van der Waals surface area contributed by atoms with Crippen molar-refractivity contribution in [3.8, 4) is 11.5 Å². The molecule has 5 heteroatoms. The van der Waals surface area contributed by atoms with E-state index in [0.717, 1.165) is 29.7 Å². The van der Waals surface area contributed by atoms with Gasteiger partial charge in [0.1, 0.15) is 13.2 Å². The molecule has 1 aliphatic rings. The van der Waals surface area contributed by atoms with Crippen molar-refractivity contribution in [1.29, 1.82) is 0 Å². The molecule has 0 aromatic heterocycles. The Morgan fingerprint density at radius 2 is 1.66 bits per heavy atom. The van der Waals surface area contributed by atoms with Crippen molar-refractivity contribution in [2.75, 3.05) is 13.2 Å². The molecule has 146 valence electrons. The number of hydrogen-bond donors (Lipinski definition) is 1. The molecule has 5 nitrogen and oxygen atoms in total. The third-order valence-corrected chi connectivity index (χ3v) is 4.73. The minimum absolute atomic E-state index is 0.220. The Kier molecular flexibility index (Phi) is 5.86. The molecule has 3 aromatic carbocycles. The number of hydrazone groups is 1. The van der Waals surface area contributed by atoms with Crippen molar-refractivity contribution in [2.24, 2.45) is 5.10 Å². The molecule has 1 aliphatic heterocycles. The molecule has 1 amide bonds. The quantitative estimate of drug-likeness (QED) is 0.514. The lowest BCUT2D eigenvalue weighted by Crippen LogP contribution is -2.19. The van der Waals surface area contributed by atoms with E-state index in [9.17, 15) is 4.79 Å². The number of benzene rings is 3. The average Bonchev–Trinajstić information content (AvgIpc) is 2.78. The van der Waals surface area contributed by atoms with Gasteiger partial charge in [-0.1, -0.05) is 48.5 Å². The fourth-order valence-corrected chi connectivity index (χ4v) is 3.25. The molecule has 0 atom stereocenters. The highest BCUT2D eigenvalue weighted by molar-refractivity contribution is 5.96. The van der Waals surface area contributed by atoms with Crippen molar-refractivity contribution in [3.63, 3.8) is 0 Å². The Hall–Kier alpha value is -3.60. The van der Waals surface area contributed by atoms with E-state index < -0.39 is 0 Å². The van der Waals surface area contributed by atoms with Crippen LogP contribution in [0.25, 0.3) is 0 Å². The van der Waals surface area contributed by atoms with Gasteiger partial charge < -0.3 is 9.47 Å². The van der Waals surface area contributed by atoms with E-state index in [2.05, 4.69) is 22.7 Å². The Morgan fingerprint density at radius 1 is 0.897 bits per heavy atom. The second-order valence-electron chi connectivity index (χ2n) is 6.74. The number of nitrogens with one attached hydrogen (secondary N) is 1. The summed E-state index contributed by atoms with van der Waals surface area (Å²) in [5.41, 5.74) is 6.34. The van der Waals surface area contributed by atoms with E-state index in [1.165, 1.54) is 5.56 Å². The molecule has 0 fully saturated rings. The van der Waals surface area contributed by atoms with Crippen LogP contribution in [0.5, 0.6) is 11.5 Å². The topological polar surface area (TPSA) is 59.9 Å². The van der Waals surface area contributed by atoms with Gasteiger partial charge in [-0.2, -0.15) is 5.10 Å². The average molecular weight is 386 g/mol. The summed E-state index contributed by atoms with van der Waals surface area (Å²) in [6, 6.07) is 23.5. The Morgan fingerprint density at radius 3 is 2.52 bits per heavy atom. The second-order valence-corrected chi connectivity index (χ2v) is 6.74. The Balaban J connectivity index is 1.40. The standard InChI is InChI=1S/C24H22N2O3/c27-24(26-25-17-19-11-13-22-23(16-19)29-15-14-28-22)21-9-5-4-8-20(21)12-10-18-6-2-1-3-7-18/h1-9,11,13,16-17H,10,12,14-15H2,(H,26,27). The number of rotatable bonds is 6. The number of amides is 1. The molecular formula is C24H22N2O3. The van der Waals surface area contributed by atoms with Gasteiger partial charge in [-0.05, 0) is 53.8 Å². The third kappa shape index (κ3) is 4.82. The molecule has 29 heavy (non-hydrogen) atoms. The van der Waals surface area contributed by atoms with Gasteiger partial charge in [-0.3, -0.25) is 4.79 Å². The molecule has 3 aromatic rings. The molecule has 0 radical (unpaired) electrons. The van der Waals surface area contributed by atoms with Crippen LogP contribution in [-0.2, 0) is 12.8 Å². The van der Waals surface area contributed by atoms with Gasteiger partial charge in [0.15, 0.2) is 11.5 Å². The maximum atomic E-state index is 12.6. The summed E-state index contributed by atoms with van der Waals surface area (Å²) in [6.45, 7) is 1.09. The van der Waals surface area contributed by atoms with Crippen molar-refractivity contribution in [1.82, 2.24) is 5.43 Å². The minimum Gasteiger partial charge on any atom is -0.486 e. The molecule has 0 unspecified atom stereocenters. The lowest BCUT2D eigenvalue weighted by Gasteiger charge is -2.18. The van der Waals surface area contributed by atoms with Crippen molar-refractivity contribution < 1.29 is 14.3 Å². The molecule has 4 rings (SSSR count). The zero-order valence-corrected chi connectivity index (χ0v) is 16.0. The van der Waals surface area contributed by atoms with Crippen LogP contribution in [0.15, 0.2) is 77.9 Å². The van der Waals surface area contributed by atoms with Crippen LogP contribution in [-0.4, -0.2) is 25.3 Å². The van der Waals surface area contributed by atoms with E-state index in [1.54, 1.807) is 6.21 Å². The predicted molar refractivity (Wildman–Crippen MR) is 113 cm³/mol. The number of ether oxygens (including phenoxy) is 2. The summed E-state index contributed by atoms with van der Waals surface area (Å²) in [5.74, 6) is 1.20. The molecule has 1 heterocycles. The fourth-order valence-electron chi connectivity index (χ4n) is 3.25. The molecule has 0 saturated carbocycles. The van der Waals surface area contributed by atoms with E-state index in [4.69, 9.17) is 9.47 Å². The van der Waals surface area contributed by atoms with Crippen molar-refractivity contribution >= 4 is 12.1 Å². The SMILES string of the molecule is O=C(NN=Cc1ccc2c(c1)OCCO2)c1ccccc1CCc1ccccc1. The smallest absolute Gasteiger partial charge is 0.271 e. The third-order valence-electron chi connectivity index (χ3n) is 4.73. The Bertz CT molecular complexity index is 1020. The van der Waals surface area contributed by atoms with Gasteiger partial charge in [0.05, 0.1) is 6.21 Å². The maximum Gasteiger partial charge on any atom is 0.271 e. The summed E-state index contributed by atoms with van der Waals surface area (Å²) < 4.78 is 11.1. The number of carbonyl (C=O) groups excluding carboxylic acids is 1. The van der Waals surface area contributed by atoms with Gasteiger partial charge in [0.2, 0.25) is 0 Å². The zero-order chi connectivity index (χ0) is 19.9. The molecule has 0 bridgehead atoms. The normalized spacial score (nSPS) is 12.7. The summed E-state index contributed by atoms with van der Waals surface area (Å²) in [7, 11) is 0. The van der Waals surface area contributed by atoms with Gasteiger partial charge in [-0.15, -0.1) is 0 Å². The lowest BCUT2D eigenvalue weighted by atomic mass is 9.99. The second kappa shape index (κ2) is 9.06. The number of carbonyl (C=O) groups is 1. The first-order chi connectivity index (χ1) is 14.3. The Labute approximate surface area is 170 Å². The van der Waals surface area contributed by atoms with Crippen LogP contribution in [0.1, 0.15) is 27.0 Å². The molecule has 0 spiro atoms. The van der Waals surface area contributed by atoms with E-state index in [-0.39, 0.29) is 5.91 Å². The lowest BCUT2D eigenvalue weighted by molar-refractivity contribution is 0.0954. The predicted octanol–water partition coefficient (Wildman–Crippen LogP) is 4.01. The van der Waals surface area contributed by atoms with Gasteiger partial charge in [0, 0.05) is 5.56 Å². The van der Waals surface area contributed by atoms with E-state index >= 15 is 0 Å². The molecule has 0 saturated heterocycles. The monoisotopic (exact) mass is 386 g/mol. The number of fused-ring (bicyclic) bond motifs is 1. The summed E-state index contributed by atoms with van der Waals surface area (Å²) >= 11 is 0. The van der Waals surface area contributed by atoms with Crippen LogP contribution in [0.3, 0.4) is 0 Å². The highest BCUT2D eigenvalue weighted by Gasteiger charge is 2.12. The summed E-state index contributed by atoms with van der Waals surface area (Å²) in [4.78, 5) is 12.6. The number of aryl methyl sites for hydroxylation is 2. The largest absolute Gasteiger partial charge is 0.486 e. The van der Waals surface area contributed by atoms with Crippen molar-refractivity contribution in [3.05, 3.63) is 95.1 Å². The summed E-state index contributed by atoms with van der Waals surface area (Å²) in [6.07, 6.45) is 3.27. The number of nitrogens with zero attached hydrogens (tertiary/aromatic N) is 1. The van der Waals surface area contributed by atoms with E-state index in [1.807, 2.05) is 60.7 Å². The maximum absolute atomic E-state index is 12.6. The number of hydrogen-bond acceptors (Lipinski definition) is 4. The van der Waals surface area contributed by atoms with Crippen LogP contribution < -0.4 is 14.9 Å². The fraction of sp³-hybridized carbons (Fsp3) is 0.167. The van der Waals surface area contributed by atoms with Crippen LogP contribution in [0, 0.1) is 0 Å². The summed E-state index contributed by atoms with van der Waals surface area (Å²) in [5, 5.41) is 4.11. The van der Waals surface area contributed by atoms with Crippen LogP contribution >= 0.6 is 0 Å². The van der Waals surface area contributed by atoms with Gasteiger partial charge in [-0.25, -0.2) is 5.43 Å². The molecule has 1 N–H and O–H groups in total. The first kappa shape index (κ1) is 18.7. The van der Waals surface area contributed by atoms with Gasteiger partial charge >= 0.3 is 0 Å². The highest BCUT2D eigenvalue weighted by atomic mass is 16.6. The molecule has 0 aliphatic carbocycles. The van der Waals surface area contributed by atoms with E-state index in [0.29, 0.717) is 24.5 Å². The van der Waals surface area contributed by atoms with Gasteiger partial charge in [0.25, 0.3) is 5.91 Å². The highest BCUT2D eigenvalue weighted by Crippen LogP contribution is 2.30. The molecular weight excluding hydrogens is 364 g/mol. The minimum atomic E-state index is -0.220. The first-order valence-electron chi connectivity index (χ1n) is 9.64. The van der Waals surface area contributed by atoms with Crippen molar-refractivity contribution in [2.45, 2.75) is 12.8 Å². The zero-order valence-electron chi connectivity index (χ0n) is 16.0. The van der Waals surface area contributed by atoms with Crippen LogP contribution in [0.2, 0.25) is 0 Å². The first-order valence-corrected chi connectivity index (χ1v) is 9.64. The van der Waals surface area contributed by atoms with Crippen LogP contribution in [0.4, 0.5) is 0 Å².